The van der Waals surface area contributed by atoms with Gasteiger partial charge in [-0.15, -0.1) is 0 Å². The minimum absolute atomic E-state index is 0.0154. The van der Waals surface area contributed by atoms with Crippen molar-refractivity contribution in [2.24, 2.45) is 13.0 Å². The van der Waals surface area contributed by atoms with Crippen molar-refractivity contribution in [3.63, 3.8) is 0 Å². The topological polar surface area (TPSA) is 56.1 Å². The molecule has 1 aromatic heterocycles. The van der Waals surface area contributed by atoms with Gasteiger partial charge >= 0.3 is 5.97 Å². The average molecular weight is 211 g/mol. The molecule has 2 atom stereocenters. The van der Waals surface area contributed by atoms with Gasteiger partial charge in [0, 0.05) is 19.3 Å². The largest absolute Gasteiger partial charge is 0.469 e. The van der Waals surface area contributed by atoms with E-state index in [1.165, 1.54) is 7.11 Å². The Morgan fingerprint density at radius 3 is 2.73 bits per heavy atom. The van der Waals surface area contributed by atoms with Gasteiger partial charge in [-0.1, -0.05) is 0 Å². The molecule has 0 radical (unpaired) electrons. The maximum atomic E-state index is 11.3. The summed E-state index contributed by atoms with van der Waals surface area (Å²) in [5, 5.41) is 7.23. The lowest BCUT2D eigenvalue weighted by atomic mass is 10.0. The van der Waals surface area contributed by atoms with E-state index >= 15 is 0 Å². The fourth-order valence-corrected chi connectivity index (χ4v) is 1.27. The molecule has 0 aromatic carbocycles. The van der Waals surface area contributed by atoms with Crippen molar-refractivity contribution in [3.05, 3.63) is 12.4 Å². The molecule has 15 heavy (non-hydrogen) atoms. The molecule has 0 aliphatic heterocycles. The van der Waals surface area contributed by atoms with Gasteiger partial charge in [-0.05, 0) is 13.8 Å². The number of aryl methyl sites for hydroxylation is 1. The number of nitrogens with one attached hydrogen (secondary N) is 1. The van der Waals surface area contributed by atoms with E-state index in [4.69, 9.17) is 0 Å². The minimum Gasteiger partial charge on any atom is -0.469 e. The van der Waals surface area contributed by atoms with Crippen molar-refractivity contribution >= 4 is 11.7 Å². The van der Waals surface area contributed by atoms with Gasteiger partial charge in [-0.25, -0.2) is 0 Å². The van der Waals surface area contributed by atoms with E-state index in [0.717, 1.165) is 5.69 Å². The summed E-state index contributed by atoms with van der Waals surface area (Å²) in [5.41, 5.74) is 0.903. The smallest absolute Gasteiger partial charge is 0.310 e. The number of ether oxygens (including phenoxy) is 1. The van der Waals surface area contributed by atoms with Gasteiger partial charge in [0.2, 0.25) is 0 Å². The Hall–Kier alpha value is -1.52. The number of rotatable bonds is 4. The molecule has 1 heterocycles. The zero-order chi connectivity index (χ0) is 11.4. The Morgan fingerprint density at radius 1 is 1.60 bits per heavy atom. The summed E-state index contributed by atoms with van der Waals surface area (Å²) in [5.74, 6) is -0.394. The molecule has 1 aromatic rings. The Morgan fingerprint density at radius 2 is 2.27 bits per heavy atom. The molecule has 1 rings (SSSR count). The third-order valence-corrected chi connectivity index (χ3v) is 2.42. The van der Waals surface area contributed by atoms with Gasteiger partial charge in [0.25, 0.3) is 0 Å². The van der Waals surface area contributed by atoms with Crippen molar-refractivity contribution in [1.29, 1.82) is 0 Å². The van der Waals surface area contributed by atoms with Crippen LogP contribution >= 0.6 is 0 Å². The Labute approximate surface area is 89.4 Å². The third kappa shape index (κ3) is 2.97. The molecule has 0 saturated heterocycles. The van der Waals surface area contributed by atoms with Gasteiger partial charge in [-0.3, -0.25) is 9.48 Å². The van der Waals surface area contributed by atoms with E-state index in [1.54, 1.807) is 10.9 Å². The molecule has 1 N–H and O–H groups in total. The molecule has 0 fully saturated rings. The quantitative estimate of drug-likeness (QED) is 0.756. The van der Waals surface area contributed by atoms with Gasteiger partial charge in [0.05, 0.1) is 24.9 Å². The molecular weight excluding hydrogens is 194 g/mol. The van der Waals surface area contributed by atoms with E-state index in [1.807, 2.05) is 27.1 Å². The summed E-state index contributed by atoms with van der Waals surface area (Å²) in [6.07, 6.45) is 3.58. The summed E-state index contributed by atoms with van der Waals surface area (Å²) < 4.78 is 6.38. The van der Waals surface area contributed by atoms with Gasteiger partial charge in [0.1, 0.15) is 0 Å². The van der Waals surface area contributed by atoms with Crippen LogP contribution in [0.4, 0.5) is 5.69 Å². The van der Waals surface area contributed by atoms with Crippen LogP contribution in [0.15, 0.2) is 12.4 Å². The van der Waals surface area contributed by atoms with E-state index < -0.39 is 0 Å². The van der Waals surface area contributed by atoms with Crippen LogP contribution < -0.4 is 5.32 Å². The number of anilines is 1. The van der Waals surface area contributed by atoms with Crippen LogP contribution in [0.2, 0.25) is 0 Å². The highest BCUT2D eigenvalue weighted by Gasteiger charge is 2.20. The summed E-state index contributed by atoms with van der Waals surface area (Å²) in [4.78, 5) is 11.3. The molecule has 0 aliphatic carbocycles. The highest BCUT2D eigenvalue weighted by Crippen LogP contribution is 2.12. The highest BCUT2D eigenvalue weighted by atomic mass is 16.5. The first-order valence-electron chi connectivity index (χ1n) is 4.87. The number of hydrogen-bond acceptors (Lipinski definition) is 4. The first-order valence-corrected chi connectivity index (χ1v) is 4.87. The highest BCUT2D eigenvalue weighted by molar-refractivity contribution is 5.73. The zero-order valence-electron chi connectivity index (χ0n) is 9.52. The summed E-state index contributed by atoms with van der Waals surface area (Å²) in [6.45, 7) is 3.77. The summed E-state index contributed by atoms with van der Waals surface area (Å²) in [6, 6.07) is 0.0154. The Balaban J connectivity index is 2.55. The van der Waals surface area contributed by atoms with Crippen LogP contribution in [0, 0.1) is 5.92 Å². The Bertz CT molecular complexity index is 335. The van der Waals surface area contributed by atoms with Crippen molar-refractivity contribution in [2.45, 2.75) is 19.9 Å². The van der Waals surface area contributed by atoms with Crippen LogP contribution in [0.5, 0.6) is 0 Å². The monoisotopic (exact) mass is 211 g/mol. The van der Waals surface area contributed by atoms with Crippen LogP contribution in [-0.2, 0) is 16.6 Å². The van der Waals surface area contributed by atoms with Crippen LogP contribution in [0.1, 0.15) is 13.8 Å². The predicted molar refractivity (Wildman–Crippen MR) is 57.5 cm³/mol. The maximum absolute atomic E-state index is 11.3. The second kappa shape index (κ2) is 4.82. The molecule has 0 amide bonds. The number of hydrogen-bond donors (Lipinski definition) is 1. The van der Waals surface area contributed by atoms with Gasteiger partial charge < -0.3 is 10.1 Å². The lowest BCUT2D eigenvalue weighted by molar-refractivity contribution is -0.145. The number of methoxy groups -OCH3 is 1. The first-order chi connectivity index (χ1) is 7.04. The fraction of sp³-hybridized carbons (Fsp3) is 0.600. The summed E-state index contributed by atoms with van der Waals surface area (Å²) in [7, 11) is 3.25. The second-order valence-electron chi connectivity index (χ2n) is 3.65. The van der Waals surface area contributed by atoms with E-state index in [-0.39, 0.29) is 17.9 Å². The standard InChI is InChI=1S/C10H17N3O2/c1-7(10(14)15-4)8(2)12-9-5-11-13(3)6-9/h5-8,12H,1-4H3. The molecular formula is C10H17N3O2. The molecule has 0 aliphatic rings. The molecule has 0 spiro atoms. The number of nitrogens with zero attached hydrogens (tertiary/aromatic N) is 2. The summed E-state index contributed by atoms with van der Waals surface area (Å²) >= 11 is 0. The van der Waals surface area contributed by atoms with E-state index in [0.29, 0.717) is 0 Å². The fourth-order valence-electron chi connectivity index (χ4n) is 1.27. The van der Waals surface area contributed by atoms with Crippen molar-refractivity contribution < 1.29 is 9.53 Å². The Kier molecular flexibility index (Phi) is 3.71. The normalized spacial score (nSPS) is 14.4. The van der Waals surface area contributed by atoms with Gasteiger partial charge in [-0.2, -0.15) is 5.10 Å². The SMILES string of the molecule is COC(=O)C(C)C(C)Nc1cnn(C)c1. The minimum atomic E-state index is -0.209. The molecule has 5 nitrogen and oxygen atoms in total. The maximum Gasteiger partial charge on any atom is 0.310 e. The van der Waals surface area contributed by atoms with Gasteiger partial charge in [0.15, 0.2) is 0 Å². The van der Waals surface area contributed by atoms with Crippen LogP contribution in [0.25, 0.3) is 0 Å². The predicted octanol–water partition coefficient (Wildman–Crippen LogP) is 1.03. The van der Waals surface area contributed by atoms with Crippen molar-refractivity contribution in [2.75, 3.05) is 12.4 Å². The second-order valence-corrected chi connectivity index (χ2v) is 3.65. The number of carbonyl (C=O) groups is 1. The van der Waals surface area contributed by atoms with E-state index in [9.17, 15) is 4.79 Å². The average Bonchev–Trinajstić information content (AvgIpc) is 2.61. The molecule has 5 heteroatoms. The van der Waals surface area contributed by atoms with Crippen molar-refractivity contribution in [3.8, 4) is 0 Å². The lowest BCUT2D eigenvalue weighted by Crippen LogP contribution is -2.30. The molecule has 0 saturated carbocycles. The van der Waals surface area contributed by atoms with Crippen LogP contribution in [-0.4, -0.2) is 28.9 Å². The number of esters is 1. The zero-order valence-corrected chi connectivity index (χ0v) is 9.52. The third-order valence-electron chi connectivity index (χ3n) is 2.42. The van der Waals surface area contributed by atoms with E-state index in [2.05, 4.69) is 15.2 Å². The first kappa shape index (κ1) is 11.6. The molecule has 84 valence electrons. The lowest BCUT2D eigenvalue weighted by Gasteiger charge is -2.19. The van der Waals surface area contributed by atoms with Crippen LogP contribution in [0.3, 0.4) is 0 Å². The number of aromatic nitrogens is 2. The van der Waals surface area contributed by atoms with Crippen molar-refractivity contribution in [1.82, 2.24) is 9.78 Å². The molecule has 0 bridgehead atoms. The molecule has 2 unspecified atom stereocenters. The number of carbonyl (C=O) groups excluding carboxylic acids is 1.